The van der Waals surface area contributed by atoms with Crippen molar-refractivity contribution in [2.24, 2.45) is 17.8 Å². The first-order chi connectivity index (χ1) is 16.7. The van der Waals surface area contributed by atoms with Gasteiger partial charge in [-0.05, 0) is 84.4 Å². The molecule has 34 heavy (non-hydrogen) atoms. The molecule has 3 aliphatic rings. The van der Waals surface area contributed by atoms with Gasteiger partial charge in [-0.1, -0.05) is 30.3 Å². The maximum Gasteiger partial charge on any atom is 0.255 e. The second kappa shape index (κ2) is 8.39. The van der Waals surface area contributed by atoms with E-state index < -0.39 is 0 Å². The Hall–Kier alpha value is -3.47. The molecule has 3 aromatic rings. The van der Waals surface area contributed by atoms with E-state index in [1.165, 1.54) is 36.1 Å². The van der Waals surface area contributed by atoms with Crippen LogP contribution in [0.25, 0.3) is 0 Å². The van der Waals surface area contributed by atoms with E-state index in [1.807, 2.05) is 18.2 Å². The fraction of sp³-hybridized carbons (Fsp3) is 0.345. The summed E-state index contributed by atoms with van der Waals surface area (Å²) >= 11 is 0. The summed E-state index contributed by atoms with van der Waals surface area (Å²) in [5.41, 5.74) is 5.15. The molecule has 5 atom stereocenters. The fourth-order valence-electron chi connectivity index (χ4n) is 6.71. The summed E-state index contributed by atoms with van der Waals surface area (Å²) < 4.78 is 10.7. The van der Waals surface area contributed by atoms with E-state index in [4.69, 9.17) is 9.47 Å². The number of ether oxygens (including phenoxy) is 2. The van der Waals surface area contributed by atoms with Crippen LogP contribution in [0.3, 0.4) is 0 Å². The molecule has 0 saturated heterocycles. The Kier molecular flexibility index (Phi) is 5.20. The lowest BCUT2D eigenvalue weighted by atomic mass is 9.68. The van der Waals surface area contributed by atoms with E-state index in [1.54, 1.807) is 20.3 Å². The van der Waals surface area contributed by atoms with Crippen LogP contribution in [0.4, 0.5) is 11.4 Å². The van der Waals surface area contributed by atoms with Gasteiger partial charge in [0.2, 0.25) is 0 Å². The summed E-state index contributed by atoms with van der Waals surface area (Å²) in [4.78, 5) is 13.2. The van der Waals surface area contributed by atoms with Gasteiger partial charge in [0.15, 0.2) is 0 Å². The average molecular weight is 455 g/mol. The molecule has 0 spiro atoms. The second-order valence-electron chi connectivity index (χ2n) is 9.79. The average Bonchev–Trinajstić information content (AvgIpc) is 3.51. The predicted molar refractivity (Wildman–Crippen MR) is 134 cm³/mol. The number of methoxy groups -OCH3 is 2. The number of rotatable bonds is 5. The minimum absolute atomic E-state index is 0.129. The van der Waals surface area contributed by atoms with Crippen LogP contribution < -0.4 is 20.1 Å². The van der Waals surface area contributed by atoms with Crippen LogP contribution in [0.1, 0.15) is 52.7 Å². The second-order valence-corrected chi connectivity index (χ2v) is 9.79. The van der Waals surface area contributed by atoms with Crippen LogP contribution in [0, 0.1) is 17.8 Å². The molecule has 2 bridgehead atoms. The van der Waals surface area contributed by atoms with Gasteiger partial charge in [-0.15, -0.1) is 0 Å². The van der Waals surface area contributed by atoms with Gasteiger partial charge in [-0.2, -0.15) is 0 Å². The topological polar surface area (TPSA) is 59.6 Å². The number of benzene rings is 3. The Labute approximate surface area is 200 Å². The van der Waals surface area contributed by atoms with E-state index in [-0.39, 0.29) is 5.91 Å². The highest BCUT2D eigenvalue weighted by Crippen LogP contribution is 2.63. The van der Waals surface area contributed by atoms with Crippen LogP contribution in [-0.4, -0.2) is 20.1 Å². The molecule has 174 valence electrons. The lowest BCUT2D eigenvalue weighted by Crippen LogP contribution is -2.35. The van der Waals surface area contributed by atoms with E-state index in [2.05, 4.69) is 53.1 Å². The first-order valence-electron chi connectivity index (χ1n) is 12.1. The molecule has 0 aromatic heterocycles. The highest BCUT2D eigenvalue weighted by Gasteiger charge is 2.53. The lowest BCUT2D eigenvalue weighted by molar-refractivity contribution is 0.102. The minimum Gasteiger partial charge on any atom is -0.497 e. The molecule has 1 amide bonds. The molecule has 5 heteroatoms. The summed E-state index contributed by atoms with van der Waals surface area (Å²) in [6.45, 7) is 0. The van der Waals surface area contributed by atoms with E-state index in [0.717, 1.165) is 5.92 Å². The van der Waals surface area contributed by atoms with Crippen LogP contribution in [-0.2, 0) is 0 Å². The number of fused-ring (bicyclic) bond motifs is 7. The first-order valence-corrected chi connectivity index (χ1v) is 12.1. The van der Waals surface area contributed by atoms with Gasteiger partial charge in [0.05, 0.1) is 25.9 Å². The van der Waals surface area contributed by atoms with Gasteiger partial charge >= 0.3 is 0 Å². The maximum absolute atomic E-state index is 13.2. The van der Waals surface area contributed by atoms with Crippen molar-refractivity contribution in [1.82, 2.24) is 0 Å². The molecule has 5 nitrogen and oxygen atoms in total. The molecule has 2 saturated carbocycles. The standard InChI is InChI=1S/C29H30N2O3/c1-33-21-11-13-24(25(16-21)34-2)31-29(32)20-10-12-23-22(15-20)26-18-8-9-19(14-18)27(26)28(30-23)17-6-4-3-5-7-17/h3-7,10-13,15-16,18-19,26-28,30H,8-9,14H2,1-2H3,(H,31,32). The van der Waals surface area contributed by atoms with E-state index >= 15 is 0 Å². The number of nitrogens with one attached hydrogen (secondary N) is 2. The Balaban J connectivity index is 1.32. The molecular weight excluding hydrogens is 424 g/mol. The summed E-state index contributed by atoms with van der Waals surface area (Å²) in [5.74, 6) is 3.67. The number of hydrogen-bond acceptors (Lipinski definition) is 4. The number of carbonyl (C=O) groups is 1. The molecule has 2 N–H and O–H groups in total. The lowest BCUT2D eigenvalue weighted by Gasteiger charge is -2.43. The molecular formula is C29H30N2O3. The Morgan fingerprint density at radius 2 is 1.76 bits per heavy atom. The zero-order valence-corrected chi connectivity index (χ0v) is 19.6. The highest BCUT2D eigenvalue weighted by atomic mass is 16.5. The van der Waals surface area contributed by atoms with Crippen LogP contribution in [0.2, 0.25) is 0 Å². The number of amides is 1. The zero-order valence-electron chi connectivity index (χ0n) is 19.6. The smallest absolute Gasteiger partial charge is 0.255 e. The van der Waals surface area contributed by atoms with Crippen molar-refractivity contribution in [3.05, 3.63) is 83.4 Å². The van der Waals surface area contributed by atoms with E-state index in [0.29, 0.717) is 46.5 Å². The van der Waals surface area contributed by atoms with Gasteiger partial charge in [0.25, 0.3) is 5.91 Å². The van der Waals surface area contributed by atoms with Crippen molar-refractivity contribution >= 4 is 17.3 Å². The third-order valence-corrected chi connectivity index (χ3v) is 8.16. The highest BCUT2D eigenvalue weighted by molar-refractivity contribution is 6.05. The quantitative estimate of drug-likeness (QED) is 0.478. The summed E-state index contributed by atoms with van der Waals surface area (Å²) in [7, 11) is 3.20. The normalized spacial score (nSPS) is 26.2. The van der Waals surface area contributed by atoms with Crippen molar-refractivity contribution in [1.29, 1.82) is 0 Å². The van der Waals surface area contributed by atoms with Gasteiger partial charge in [0.1, 0.15) is 11.5 Å². The molecule has 1 heterocycles. The van der Waals surface area contributed by atoms with Crippen molar-refractivity contribution < 1.29 is 14.3 Å². The predicted octanol–water partition coefficient (Wildman–Crippen LogP) is 6.25. The largest absolute Gasteiger partial charge is 0.497 e. The van der Waals surface area contributed by atoms with Gasteiger partial charge in [-0.3, -0.25) is 4.79 Å². The Morgan fingerprint density at radius 1 is 0.941 bits per heavy atom. The summed E-state index contributed by atoms with van der Waals surface area (Å²) in [6, 6.07) is 22.7. The first kappa shape index (κ1) is 21.1. The van der Waals surface area contributed by atoms with Crippen LogP contribution in [0.15, 0.2) is 66.7 Å². The monoisotopic (exact) mass is 454 g/mol. The van der Waals surface area contributed by atoms with Crippen LogP contribution >= 0.6 is 0 Å². The van der Waals surface area contributed by atoms with Crippen molar-refractivity contribution in [3.8, 4) is 11.5 Å². The van der Waals surface area contributed by atoms with Gasteiger partial charge < -0.3 is 20.1 Å². The molecule has 1 aliphatic heterocycles. The Bertz CT molecular complexity index is 1230. The molecule has 2 fully saturated rings. The third-order valence-electron chi connectivity index (χ3n) is 8.16. The minimum atomic E-state index is -0.129. The summed E-state index contributed by atoms with van der Waals surface area (Å²) in [6.07, 6.45) is 3.93. The van der Waals surface area contributed by atoms with Gasteiger partial charge in [0, 0.05) is 17.3 Å². The van der Waals surface area contributed by atoms with Crippen LogP contribution in [0.5, 0.6) is 11.5 Å². The number of hydrogen-bond donors (Lipinski definition) is 2. The fourth-order valence-corrected chi connectivity index (χ4v) is 6.71. The third kappa shape index (κ3) is 3.42. The van der Waals surface area contributed by atoms with Gasteiger partial charge in [-0.25, -0.2) is 0 Å². The number of anilines is 2. The molecule has 6 rings (SSSR count). The van der Waals surface area contributed by atoms with Crippen molar-refractivity contribution in [2.75, 3.05) is 24.9 Å². The summed E-state index contributed by atoms with van der Waals surface area (Å²) in [5, 5.41) is 6.87. The Morgan fingerprint density at radius 3 is 2.56 bits per heavy atom. The number of carbonyl (C=O) groups excluding carboxylic acids is 1. The van der Waals surface area contributed by atoms with Crippen molar-refractivity contribution in [2.45, 2.75) is 31.2 Å². The molecule has 5 unspecified atom stereocenters. The SMILES string of the molecule is COc1ccc(NC(=O)c2ccc3c(c2)C2C4CCC(C4)C2C(c2ccccc2)N3)c(OC)c1. The molecule has 3 aromatic carbocycles. The molecule has 2 aliphatic carbocycles. The van der Waals surface area contributed by atoms with Crippen molar-refractivity contribution in [3.63, 3.8) is 0 Å². The zero-order chi connectivity index (χ0) is 23.2. The molecule has 0 radical (unpaired) electrons. The maximum atomic E-state index is 13.2. The van der Waals surface area contributed by atoms with E-state index in [9.17, 15) is 4.79 Å².